The molecule has 0 aromatic carbocycles. The molecule has 0 bridgehead atoms. The van der Waals surface area contributed by atoms with Gasteiger partial charge in [-0.25, -0.2) is 0 Å². The number of nitrogens with one attached hydrogen (secondary N) is 1. The summed E-state index contributed by atoms with van der Waals surface area (Å²) in [7, 11) is 2.08. The molecule has 11 heavy (non-hydrogen) atoms. The molecule has 1 aliphatic carbocycles. The van der Waals surface area contributed by atoms with E-state index in [1.54, 1.807) is 0 Å². The summed E-state index contributed by atoms with van der Waals surface area (Å²) in [6, 6.07) is 0.804. The van der Waals surface area contributed by atoms with Crippen LogP contribution in [0, 0.1) is 5.92 Å². The first-order chi connectivity index (χ1) is 5.34. The zero-order valence-electron chi connectivity index (χ0n) is 8.48. The van der Waals surface area contributed by atoms with Crippen LogP contribution in [-0.2, 0) is 0 Å². The molecule has 1 nitrogen and oxygen atoms in total. The number of hydrogen-bond acceptors (Lipinski definition) is 1. The molecular weight excluding hydrogens is 134 g/mol. The fraction of sp³-hybridized carbons (Fsp3) is 1.00. The molecule has 0 radical (unpaired) electrons. The Kier molecular flexibility index (Phi) is 6.63. The van der Waals surface area contributed by atoms with E-state index in [2.05, 4.69) is 19.3 Å². The first kappa shape index (κ1) is 11.0. The Morgan fingerprint density at radius 3 is 2.00 bits per heavy atom. The van der Waals surface area contributed by atoms with Crippen molar-refractivity contribution in [3.8, 4) is 0 Å². The lowest BCUT2D eigenvalue weighted by Crippen LogP contribution is -2.34. The van der Waals surface area contributed by atoms with Crippen molar-refractivity contribution in [1.82, 2.24) is 5.32 Å². The average Bonchev–Trinajstić information content (AvgIpc) is 2.09. The molecule has 2 atom stereocenters. The van der Waals surface area contributed by atoms with Crippen LogP contribution in [0.4, 0.5) is 0 Å². The second-order valence-electron chi connectivity index (χ2n) is 3.16. The molecule has 0 aromatic rings. The Labute approximate surface area is 71.6 Å². The Morgan fingerprint density at radius 1 is 1.09 bits per heavy atom. The summed E-state index contributed by atoms with van der Waals surface area (Å²) in [6.07, 6.45) is 5.68. The molecule has 1 fully saturated rings. The van der Waals surface area contributed by atoms with Crippen molar-refractivity contribution >= 4 is 0 Å². The molecule has 0 spiro atoms. The highest BCUT2D eigenvalue weighted by molar-refractivity contribution is 4.75. The molecule has 0 aromatic heterocycles. The molecule has 1 rings (SSSR count). The largest absolute Gasteiger partial charge is 0.317 e. The number of rotatable bonds is 1. The van der Waals surface area contributed by atoms with Gasteiger partial charge in [0, 0.05) is 6.04 Å². The summed E-state index contributed by atoms with van der Waals surface area (Å²) in [4.78, 5) is 0. The van der Waals surface area contributed by atoms with Crippen LogP contribution in [0.1, 0.15) is 46.5 Å². The molecular formula is C10H23N. The first-order valence-corrected chi connectivity index (χ1v) is 5.02. The SMILES string of the molecule is CC.CNC1CCCCC1C. The van der Waals surface area contributed by atoms with Crippen LogP contribution < -0.4 is 5.32 Å². The predicted molar refractivity (Wildman–Crippen MR) is 51.8 cm³/mol. The highest BCUT2D eigenvalue weighted by Crippen LogP contribution is 2.22. The fourth-order valence-corrected chi connectivity index (χ4v) is 1.75. The van der Waals surface area contributed by atoms with Crippen molar-refractivity contribution in [1.29, 1.82) is 0 Å². The van der Waals surface area contributed by atoms with Crippen molar-refractivity contribution in [2.24, 2.45) is 5.92 Å². The van der Waals surface area contributed by atoms with E-state index in [4.69, 9.17) is 0 Å². The van der Waals surface area contributed by atoms with Crippen molar-refractivity contribution in [3.05, 3.63) is 0 Å². The van der Waals surface area contributed by atoms with Crippen LogP contribution in [0.2, 0.25) is 0 Å². The van der Waals surface area contributed by atoms with Gasteiger partial charge >= 0.3 is 0 Å². The lowest BCUT2D eigenvalue weighted by molar-refractivity contribution is 0.294. The quantitative estimate of drug-likeness (QED) is 0.617. The van der Waals surface area contributed by atoms with E-state index in [-0.39, 0.29) is 0 Å². The normalized spacial score (nSPS) is 30.5. The molecule has 1 N–H and O–H groups in total. The van der Waals surface area contributed by atoms with E-state index in [0.29, 0.717) is 0 Å². The minimum atomic E-state index is 0.804. The summed E-state index contributed by atoms with van der Waals surface area (Å²) in [6.45, 7) is 6.35. The van der Waals surface area contributed by atoms with Gasteiger partial charge in [0.1, 0.15) is 0 Å². The van der Waals surface area contributed by atoms with Crippen molar-refractivity contribution in [3.63, 3.8) is 0 Å². The fourth-order valence-electron chi connectivity index (χ4n) is 1.75. The van der Waals surface area contributed by atoms with E-state index < -0.39 is 0 Å². The molecule has 0 heterocycles. The smallest absolute Gasteiger partial charge is 0.00896 e. The number of hydrogen-bond donors (Lipinski definition) is 1. The minimum absolute atomic E-state index is 0.804. The topological polar surface area (TPSA) is 12.0 Å². The van der Waals surface area contributed by atoms with Crippen molar-refractivity contribution in [2.75, 3.05) is 7.05 Å². The maximum absolute atomic E-state index is 3.35. The van der Waals surface area contributed by atoms with Crippen molar-refractivity contribution in [2.45, 2.75) is 52.5 Å². The van der Waals surface area contributed by atoms with Crippen molar-refractivity contribution < 1.29 is 0 Å². The highest BCUT2D eigenvalue weighted by Gasteiger charge is 2.18. The zero-order chi connectivity index (χ0) is 8.69. The van der Waals surface area contributed by atoms with Crippen LogP contribution in [0.15, 0.2) is 0 Å². The van der Waals surface area contributed by atoms with Crippen LogP contribution in [0.25, 0.3) is 0 Å². The molecule has 1 heteroatoms. The molecule has 68 valence electrons. The molecule has 0 aliphatic heterocycles. The minimum Gasteiger partial charge on any atom is -0.317 e. The standard InChI is InChI=1S/C8H17N.C2H6/c1-7-5-3-4-6-8(7)9-2;1-2/h7-9H,3-6H2,1-2H3;1-2H3. The van der Waals surface area contributed by atoms with Gasteiger partial charge in [-0.3, -0.25) is 0 Å². The third-order valence-corrected chi connectivity index (χ3v) is 2.48. The van der Waals surface area contributed by atoms with Gasteiger partial charge < -0.3 is 5.32 Å². The van der Waals surface area contributed by atoms with E-state index in [1.165, 1.54) is 25.7 Å². The molecule has 0 amide bonds. The first-order valence-electron chi connectivity index (χ1n) is 5.02. The van der Waals surface area contributed by atoms with E-state index in [9.17, 15) is 0 Å². The summed E-state index contributed by atoms with van der Waals surface area (Å²) in [5, 5.41) is 3.35. The molecule has 2 unspecified atom stereocenters. The van der Waals surface area contributed by atoms with E-state index in [0.717, 1.165) is 12.0 Å². The summed E-state index contributed by atoms with van der Waals surface area (Å²) < 4.78 is 0. The monoisotopic (exact) mass is 157 g/mol. The Hall–Kier alpha value is -0.0400. The van der Waals surface area contributed by atoms with Crippen LogP contribution in [0.3, 0.4) is 0 Å². The summed E-state index contributed by atoms with van der Waals surface area (Å²) in [5.74, 6) is 0.906. The van der Waals surface area contributed by atoms with Gasteiger partial charge in [0.05, 0.1) is 0 Å². The second-order valence-corrected chi connectivity index (χ2v) is 3.16. The van der Waals surface area contributed by atoms with Gasteiger partial charge in [-0.2, -0.15) is 0 Å². The second kappa shape index (κ2) is 6.66. The third kappa shape index (κ3) is 3.76. The highest BCUT2D eigenvalue weighted by atomic mass is 14.9. The molecule has 0 saturated heterocycles. The lowest BCUT2D eigenvalue weighted by atomic mass is 9.86. The Bertz CT molecular complexity index is 80.9. The van der Waals surface area contributed by atoms with Gasteiger partial charge in [0.15, 0.2) is 0 Å². The average molecular weight is 157 g/mol. The van der Waals surface area contributed by atoms with Gasteiger partial charge in [-0.1, -0.05) is 33.6 Å². The summed E-state index contributed by atoms with van der Waals surface area (Å²) >= 11 is 0. The van der Waals surface area contributed by atoms with Gasteiger partial charge in [-0.05, 0) is 25.8 Å². The maximum Gasteiger partial charge on any atom is 0.00896 e. The van der Waals surface area contributed by atoms with Gasteiger partial charge in [0.2, 0.25) is 0 Å². The van der Waals surface area contributed by atoms with Crippen LogP contribution in [0.5, 0.6) is 0 Å². The third-order valence-electron chi connectivity index (χ3n) is 2.48. The lowest BCUT2D eigenvalue weighted by Gasteiger charge is -2.27. The van der Waals surface area contributed by atoms with Gasteiger partial charge in [0.25, 0.3) is 0 Å². The predicted octanol–water partition coefficient (Wildman–Crippen LogP) is 2.81. The summed E-state index contributed by atoms with van der Waals surface area (Å²) in [5.41, 5.74) is 0. The molecule has 1 aliphatic rings. The van der Waals surface area contributed by atoms with E-state index in [1.807, 2.05) is 13.8 Å². The van der Waals surface area contributed by atoms with Crippen LogP contribution >= 0.6 is 0 Å². The van der Waals surface area contributed by atoms with Crippen LogP contribution in [-0.4, -0.2) is 13.1 Å². The molecule has 1 saturated carbocycles. The Morgan fingerprint density at radius 2 is 1.64 bits per heavy atom. The maximum atomic E-state index is 3.35. The van der Waals surface area contributed by atoms with Gasteiger partial charge in [-0.15, -0.1) is 0 Å². The Balaban J connectivity index is 0.000000461. The van der Waals surface area contributed by atoms with E-state index >= 15 is 0 Å². The zero-order valence-corrected chi connectivity index (χ0v) is 8.48.